The Labute approximate surface area is 146 Å². The van der Waals surface area contributed by atoms with Gasteiger partial charge in [0.05, 0.1) is 31.5 Å². The molecule has 1 heterocycles. The summed E-state index contributed by atoms with van der Waals surface area (Å²) in [7, 11) is 1.31. The molecule has 1 aliphatic rings. The molecule has 0 spiro atoms. The van der Waals surface area contributed by atoms with E-state index in [0.29, 0.717) is 30.9 Å². The molecule has 6 heteroatoms. The standard InChI is InChI=1S/C19H20N2O4/c1-24-18(22)15-9-5-6-10-16(15)20-19(23)21-11-12-25-17(13-21)14-7-3-2-4-8-14/h2-10,17H,11-13H2,1H3,(H,20,23)/t17-/m1/s1. The summed E-state index contributed by atoms with van der Waals surface area (Å²) in [5.41, 5.74) is 1.79. The summed E-state index contributed by atoms with van der Waals surface area (Å²) in [5, 5.41) is 2.80. The fourth-order valence-corrected chi connectivity index (χ4v) is 2.78. The number of amides is 2. The summed E-state index contributed by atoms with van der Waals surface area (Å²) in [6.45, 7) is 1.41. The molecule has 130 valence electrons. The number of hydrogen-bond acceptors (Lipinski definition) is 4. The van der Waals surface area contributed by atoms with E-state index in [1.807, 2.05) is 30.3 Å². The van der Waals surface area contributed by atoms with Crippen LogP contribution in [0.3, 0.4) is 0 Å². The van der Waals surface area contributed by atoms with Gasteiger partial charge in [-0.05, 0) is 17.7 Å². The lowest BCUT2D eigenvalue weighted by Gasteiger charge is -2.33. The van der Waals surface area contributed by atoms with Gasteiger partial charge in [-0.1, -0.05) is 42.5 Å². The SMILES string of the molecule is COC(=O)c1ccccc1NC(=O)N1CCO[C@@H](c2ccccc2)C1. The third-order valence-corrected chi connectivity index (χ3v) is 4.10. The van der Waals surface area contributed by atoms with E-state index in [9.17, 15) is 9.59 Å². The van der Waals surface area contributed by atoms with E-state index in [4.69, 9.17) is 9.47 Å². The van der Waals surface area contributed by atoms with Crippen LogP contribution in [0.5, 0.6) is 0 Å². The van der Waals surface area contributed by atoms with Gasteiger partial charge in [-0.15, -0.1) is 0 Å². The molecule has 1 atom stereocenters. The molecule has 6 nitrogen and oxygen atoms in total. The summed E-state index contributed by atoms with van der Waals surface area (Å²) >= 11 is 0. The number of hydrogen-bond donors (Lipinski definition) is 1. The number of para-hydroxylation sites is 1. The first-order valence-corrected chi connectivity index (χ1v) is 8.09. The average molecular weight is 340 g/mol. The summed E-state index contributed by atoms with van der Waals surface area (Å²) in [5.74, 6) is -0.486. The fourth-order valence-electron chi connectivity index (χ4n) is 2.78. The molecule has 1 N–H and O–H groups in total. The highest BCUT2D eigenvalue weighted by Gasteiger charge is 2.26. The second-order valence-electron chi connectivity index (χ2n) is 5.68. The van der Waals surface area contributed by atoms with Crippen LogP contribution in [0.15, 0.2) is 54.6 Å². The predicted octanol–water partition coefficient (Wildman–Crippen LogP) is 3.08. The normalized spacial score (nSPS) is 17.0. The van der Waals surface area contributed by atoms with Crippen LogP contribution in [0.1, 0.15) is 22.0 Å². The van der Waals surface area contributed by atoms with Crippen molar-refractivity contribution in [1.82, 2.24) is 4.90 Å². The van der Waals surface area contributed by atoms with Crippen LogP contribution in [0.2, 0.25) is 0 Å². The lowest BCUT2D eigenvalue weighted by Crippen LogP contribution is -2.44. The van der Waals surface area contributed by atoms with Gasteiger partial charge >= 0.3 is 12.0 Å². The van der Waals surface area contributed by atoms with E-state index >= 15 is 0 Å². The van der Waals surface area contributed by atoms with Crippen LogP contribution in [0.25, 0.3) is 0 Å². The number of rotatable bonds is 3. The highest BCUT2D eigenvalue weighted by atomic mass is 16.5. The first kappa shape index (κ1) is 17.0. The van der Waals surface area contributed by atoms with Crippen LogP contribution in [-0.4, -0.2) is 43.7 Å². The molecule has 2 aromatic rings. The smallest absolute Gasteiger partial charge is 0.339 e. The molecule has 0 unspecified atom stereocenters. The molecule has 1 aliphatic heterocycles. The number of carbonyl (C=O) groups excluding carboxylic acids is 2. The molecular formula is C19H20N2O4. The van der Waals surface area contributed by atoms with Gasteiger partial charge in [-0.2, -0.15) is 0 Å². The lowest BCUT2D eigenvalue weighted by molar-refractivity contribution is -0.0135. The van der Waals surface area contributed by atoms with Gasteiger partial charge in [-0.25, -0.2) is 9.59 Å². The maximum atomic E-state index is 12.6. The summed E-state index contributed by atoms with van der Waals surface area (Å²) < 4.78 is 10.5. The Morgan fingerprint density at radius 3 is 2.60 bits per heavy atom. The molecule has 25 heavy (non-hydrogen) atoms. The second-order valence-corrected chi connectivity index (χ2v) is 5.68. The van der Waals surface area contributed by atoms with Crippen LogP contribution in [0, 0.1) is 0 Å². The molecule has 0 aliphatic carbocycles. The van der Waals surface area contributed by atoms with Gasteiger partial charge in [0.2, 0.25) is 0 Å². The highest BCUT2D eigenvalue weighted by molar-refractivity contribution is 6.00. The molecule has 1 saturated heterocycles. The van der Waals surface area contributed by atoms with Gasteiger partial charge in [0.25, 0.3) is 0 Å². The van der Waals surface area contributed by atoms with Gasteiger partial charge in [0, 0.05) is 6.54 Å². The van der Waals surface area contributed by atoms with Crippen LogP contribution in [-0.2, 0) is 9.47 Å². The highest BCUT2D eigenvalue weighted by Crippen LogP contribution is 2.23. The number of nitrogens with one attached hydrogen (secondary N) is 1. The molecule has 2 aromatic carbocycles. The largest absolute Gasteiger partial charge is 0.465 e. The molecule has 0 saturated carbocycles. The molecule has 2 amide bonds. The fraction of sp³-hybridized carbons (Fsp3) is 0.263. The van der Waals surface area contributed by atoms with Crippen LogP contribution in [0.4, 0.5) is 10.5 Å². The molecule has 3 rings (SSSR count). The van der Waals surface area contributed by atoms with E-state index in [0.717, 1.165) is 5.56 Å². The third kappa shape index (κ3) is 3.97. The zero-order chi connectivity index (χ0) is 17.6. The lowest BCUT2D eigenvalue weighted by atomic mass is 10.1. The van der Waals surface area contributed by atoms with Gasteiger partial charge in [0.1, 0.15) is 6.10 Å². The van der Waals surface area contributed by atoms with Crippen LogP contribution < -0.4 is 5.32 Å². The molecule has 0 bridgehead atoms. The Kier molecular flexibility index (Phi) is 5.30. The quantitative estimate of drug-likeness (QED) is 0.872. The van der Waals surface area contributed by atoms with Gasteiger partial charge < -0.3 is 19.7 Å². The number of esters is 1. The number of ether oxygens (including phenoxy) is 2. The first-order valence-electron chi connectivity index (χ1n) is 8.09. The number of anilines is 1. The third-order valence-electron chi connectivity index (χ3n) is 4.10. The van der Waals surface area contributed by atoms with Crippen molar-refractivity contribution in [2.24, 2.45) is 0 Å². The summed E-state index contributed by atoms with van der Waals surface area (Å²) in [6.07, 6.45) is -0.156. The number of benzene rings is 2. The van der Waals surface area contributed by atoms with Crippen LogP contribution >= 0.6 is 0 Å². The van der Waals surface area contributed by atoms with Gasteiger partial charge in [-0.3, -0.25) is 0 Å². The van der Waals surface area contributed by atoms with Crippen molar-refractivity contribution in [3.8, 4) is 0 Å². The Morgan fingerprint density at radius 2 is 1.84 bits per heavy atom. The van der Waals surface area contributed by atoms with Crippen molar-refractivity contribution >= 4 is 17.7 Å². The minimum atomic E-state index is -0.486. The minimum absolute atomic E-state index is 0.156. The molecule has 0 radical (unpaired) electrons. The van der Waals surface area contributed by atoms with E-state index in [1.54, 1.807) is 29.2 Å². The topological polar surface area (TPSA) is 67.9 Å². The van der Waals surface area contributed by atoms with E-state index < -0.39 is 5.97 Å². The summed E-state index contributed by atoms with van der Waals surface area (Å²) in [4.78, 5) is 26.1. The second kappa shape index (κ2) is 7.81. The number of methoxy groups -OCH3 is 1. The Morgan fingerprint density at radius 1 is 1.12 bits per heavy atom. The molecule has 1 fully saturated rings. The summed E-state index contributed by atoms with van der Waals surface area (Å²) in [6, 6.07) is 16.3. The Bertz CT molecular complexity index is 748. The maximum absolute atomic E-state index is 12.6. The number of carbonyl (C=O) groups is 2. The van der Waals surface area contributed by atoms with Crippen molar-refractivity contribution in [3.63, 3.8) is 0 Å². The van der Waals surface area contributed by atoms with Gasteiger partial charge in [0.15, 0.2) is 0 Å². The van der Waals surface area contributed by atoms with Crippen molar-refractivity contribution in [2.75, 3.05) is 32.1 Å². The minimum Gasteiger partial charge on any atom is -0.465 e. The Hall–Kier alpha value is -2.86. The van der Waals surface area contributed by atoms with Crippen molar-refractivity contribution in [3.05, 3.63) is 65.7 Å². The number of morpholine rings is 1. The Balaban J connectivity index is 1.70. The van der Waals surface area contributed by atoms with Crippen molar-refractivity contribution in [1.29, 1.82) is 0 Å². The van der Waals surface area contributed by atoms with E-state index in [-0.39, 0.29) is 12.1 Å². The van der Waals surface area contributed by atoms with E-state index in [2.05, 4.69) is 5.32 Å². The predicted molar refractivity (Wildman–Crippen MR) is 93.5 cm³/mol. The van der Waals surface area contributed by atoms with Crippen molar-refractivity contribution < 1.29 is 19.1 Å². The zero-order valence-corrected chi connectivity index (χ0v) is 14.0. The monoisotopic (exact) mass is 340 g/mol. The number of urea groups is 1. The zero-order valence-electron chi connectivity index (χ0n) is 14.0. The average Bonchev–Trinajstić information content (AvgIpc) is 2.68. The molecular weight excluding hydrogens is 320 g/mol. The first-order chi connectivity index (χ1) is 12.2. The molecule has 0 aromatic heterocycles. The maximum Gasteiger partial charge on any atom is 0.339 e. The van der Waals surface area contributed by atoms with Crippen molar-refractivity contribution in [2.45, 2.75) is 6.10 Å². The number of nitrogens with zero attached hydrogens (tertiary/aromatic N) is 1. The van der Waals surface area contributed by atoms with E-state index in [1.165, 1.54) is 7.11 Å².